The lowest BCUT2D eigenvalue weighted by Gasteiger charge is -2.35. The SMILES string of the molecule is COc1cccn2ncc(C(=O)N3C[C@@H]4C[C@H]3CN4C(=O)[C@@H]3OCC[C@@H]3C)c12. The Morgan fingerprint density at radius 1 is 1.25 bits per heavy atom. The van der Waals surface area contributed by atoms with Gasteiger partial charge in [-0.2, -0.15) is 5.10 Å². The first-order valence-electron chi connectivity index (χ1n) is 9.82. The van der Waals surface area contributed by atoms with E-state index in [4.69, 9.17) is 9.47 Å². The lowest BCUT2D eigenvalue weighted by atomic mass is 10.0. The summed E-state index contributed by atoms with van der Waals surface area (Å²) in [6.45, 7) is 3.86. The van der Waals surface area contributed by atoms with Crippen LogP contribution in [0.1, 0.15) is 30.1 Å². The predicted octanol–water partition coefficient (Wildman–Crippen LogP) is 1.19. The molecule has 0 saturated carbocycles. The van der Waals surface area contributed by atoms with E-state index in [1.165, 1.54) is 0 Å². The van der Waals surface area contributed by atoms with Crippen LogP contribution in [0.5, 0.6) is 5.75 Å². The molecule has 0 radical (unpaired) electrons. The van der Waals surface area contributed by atoms with Gasteiger partial charge in [-0.1, -0.05) is 6.92 Å². The number of amides is 2. The minimum absolute atomic E-state index is 0.0443. The summed E-state index contributed by atoms with van der Waals surface area (Å²) in [6, 6.07) is 3.78. The number of ether oxygens (including phenoxy) is 2. The van der Waals surface area contributed by atoms with Gasteiger partial charge in [-0.15, -0.1) is 0 Å². The highest BCUT2D eigenvalue weighted by molar-refractivity contribution is 6.02. The van der Waals surface area contributed by atoms with Crippen molar-refractivity contribution in [1.82, 2.24) is 19.4 Å². The van der Waals surface area contributed by atoms with E-state index in [9.17, 15) is 9.59 Å². The molecule has 8 heteroatoms. The fraction of sp³-hybridized carbons (Fsp3) is 0.550. The maximum atomic E-state index is 13.3. The van der Waals surface area contributed by atoms with E-state index in [0.717, 1.165) is 12.8 Å². The van der Waals surface area contributed by atoms with Crippen molar-refractivity contribution in [2.24, 2.45) is 5.92 Å². The van der Waals surface area contributed by atoms with Crippen molar-refractivity contribution >= 4 is 17.3 Å². The molecule has 0 unspecified atom stereocenters. The van der Waals surface area contributed by atoms with Crippen LogP contribution in [-0.4, -0.2) is 76.2 Å². The molecule has 2 aromatic heterocycles. The molecule has 3 aliphatic rings. The molecule has 5 rings (SSSR count). The molecule has 2 aromatic rings. The molecular weight excluding hydrogens is 360 g/mol. The van der Waals surface area contributed by atoms with Gasteiger partial charge < -0.3 is 19.3 Å². The molecule has 3 aliphatic heterocycles. The number of carbonyl (C=O) groups excluding carboxylic acids is 2. The lowest BCUT2D eigenvalue weighted by Crippen LogP contribution is -2.53. The predicted molar refractivity (Wildman–Crippen MR) is 100 cm³/mol. The van der Waals surface area contributed by atoms with Crippen LogP contribution >= 0.6 is 0 Å². The Balaban J connectivity index is 1.35. The number of fused-ring (bicyclic) bond motifs is 3. The van der Waals surface area contributed by atoms with Crippen molar-refractivity contribution in [2.75, 3.05) is 26.8 Å². The molecule has 0 aliphatic carbocycles. The summed E-state index contributed by atoms with van der Waals surface area (Å²) < 4.78 is 12.7. The van der Waals surface area contributed by atoms with Gasteiger partial charge in [0.05, 0.1) is 31.0 Å². The van der Waals surface area contributed by atoms with Crippen LogP contribution in [0.15, 0.2) is 24.5 Å². The number of hydrogen-bond donors (Lipinski definition) is 0. The molecule has 28 heavy (non-hydrogen) atoms. The van der Waals surface area contributed by atoms with Gasteiger partial charge in [0.15, 0.2) is 0 Å². The second-order valence-electron chi connectivity index (χ2n) is 7.98. The third kappa shape index (κ3) is 2.51. The zero-order chi connectivity index (χ0) is 19.4. The summed E-state index contributed by atoms with van der Waals surface area (Å²) in [7, 11) is 1.59. The van der Waals surface area contributed by atoms with Crippen molar-refractivity contribution in [2.45, 2.75) is 38.0 Å². The highest BCUT2D eigenvalue weighted by atomic mass is 16.5. The minimum Gasteiger partial charge on any atom is -0.494 e. The van der Waals surface area contributed by atoms with Gasteiger partial charge in [0.2, 0.25) is 0 Å². The first kappa shape index (κ1) is 17.5. The topological polar surface area (TPSA) is 76.4 Å². The molecule has 0 N–H and O–H groups in total. The maximum Gasteiger partial charge on any atom is 0.258 e. The Labute approximate surface area is 163 Å². The summed E-state index contributed by atoms with van der Waals surface area (Å²) in [5.41, 5.74) is 1.22. The van der Waals surface area contributed by atoms with Crippen LogP contribution in [0.25, 0.3) is 5.52 Å². The van der Waals surface area contributed by atoms with Crippen molar-refractivity contribution in [3.05, 3.63) is 30.1 Å². The maximum absolute atomic E-state index is 13.3. The summed E-state index contributed by atoms with van der Waals surface area (Å²) in [5.74, 6) is 0.916. The minimum atomic E-state index is -0.326. The molecular formula is C20H24N4O4. The monoisotopic (exact) mass is 384 g/mol. The summed E-state index contributed by atoms with van der Waals surface area (Å²) in [4.78, 5) is 29.9. The van der Waals surface area contributed by atoms with Crippen LogP contribution in [0, 0.1) is 5.92 Å². The Morgan fingerprint density at radius 3 is 2.71 bits per heavy atom. The van der Waals surface area contributed by atoms with E-state index in [1.54, 1.807) is 24.0 Å². The number of piperazine rings is 1. The molecule has 0 spiro atoms. The van der Waals surface area contributed by atoms with Gasteiger partial charge in [0, 0.05) is 25.9 Å². The van der Waals surface area contributed by atoms with Gasteiger partial charge in [0.1, 0.15) is 17.4 Å². The lowest BCUT2D eigenvalue weighted by molar-refractivity contribution is -0.144. The number of carbonyl (C=O) groups is 2. The van der Waals surface area contributed by atoms with Gasteiger partial charge in [-0.25, -0.2) is 4.52 Å². The van der Waals surface area contributed by atoms with Crippen LogP contribution in [0.2, 0.25) is 0 Å². The van der Waals surface area contributed by atoms with Crippen molar-refractivity contribution in [3.8, 4) is 5.75 Å². The van der Waals surface area contributed by atoms with Crippen LogP contribution in [0.4, 0.5) is 0 Å². The Hall–Kier alpha value is -2.61. The van der Waals surface area contributed by atoms with E-state index >= 15 is 0 Å². The van der Waals surface area contributed by atoms with Gasteiger partial charge >= 0.3 is 0 Å². The van der Waals surface area contributed by atoms with Gasteiger partial charge in [-0.05, 0) is 30.9 Å². The number of methoxy groups -OCH3 is 1. The third-order valence-corrected chi connectivity index (χ3v) is 6.37. The average Bonchev–Trinajstić information content (AvgIpc) is 3.48. The molecule has 8 nitrogen and oxygen atoms in total. The largest absolute Gasteiger partial charge is 0.494 e. The zero-order valence-electron chi connectivity index (χ0n) is 16.1. The second kappa shape index (κ2) is 6.48. The van der Waals surface area contributed by atoms with Crippen molar-refractivity contribution < 1.29 is 19.1 Å². The number of pyridine rings is 1. The fourth-order valence-corrected chi connectivity index (χ4v) is 4.85. The molecule has 5 heterocycles. The number of hydrogen-bond acceptors (Lipinski definition) is 5. The standard InChI is InChI=1S/C20H24N4O4/c1-12-5-7-28-18(12)20(26)23-11-13-8-14(23)10-22(13)19(25)15-9-21-24-6-3-4-16(27-2)17(15)24/h3-4,6,9,12-14,18H,5,7-8,10-11H2,1-2H3/t12-,13-,14-,18+/m0/s1. The molecule has 148 valence electrons. The third-order valence-electron chi connectivity index (χ3n) is 6.37. The van der Waals surface area contributed by atoms with E-state index in [1.807, 2.05) is 21.9 Å². The first-order valence-corrected chi connectivity index (χ1v) is 9.82. The molecule has 3 fully saturated rings. The van der Waals surface area contributed by atoms with Crippen molar-refractivity contribution in [1.29, 1.82) is 0 Å². The van der Waals surface area contributed by atoms with Crippen molar-refractivity contribution in [3.63, 3.8) is 0 Å². The average molecular weight is 384 g/mol. The summed E-state index contributed by atoms with van der Waals surface area (Å²) in [5, 5.41) is 4.29. The normalized spacial score (nSPS) is 29.1. The molecule has 3 saturated heterocycles. The van der Waals surface area contributed by atoms with E-state index in [-0.39, 0.29) is 35.9 Å². The van der Waals surface area contributed by atoms with Crippen LogP contribution < -0.4 is 4.74 Å². The fourth-order valence-electron chi connectivity index (χ4n) is 4.85. The Kier molecular flexibility index (Phi) is 4.04. The van der Waals surface area contributed by atoms with E-state index in [0.29, 0.717) is 36.5 Å². The summed E-state index contributed by atoms with van der Waals surface area (Å²) in [6.07, 6.45) is 4.83. The highest BCUT2D eigenvalue weighted by Crippen LogP contribution is 2.35. The smallest absolute Gasteiger partial charge is 0.258 e. The molecule has 2 bridgehead atoms. The zero-order valence-corrected chi connectivity index (χ0v) is 16.1. The number of likely N-dealkylation sites (tertiary alicyclic amines) is 2. The number of rotatable bonds is 3. The molecule has 4 atom stereocenters. The van der Waals surface area contributed by atoms with Crippen LogP contribution in [-0.2, 0) is 9.53 Å². The molecule has 2 amide bonds. The van der Waals surface area contributed by atoms with Gasteiger partial charge in [0.25, 0.3) is 11.8 Å². The Morgan fingerprint density at radius 2 is 2.04 bits per heavy atom. The number of nitrogens with zero attached hydrogens (tertiary/aromatic N) is 4. The van der Waals surface area contributed by atoms with E-state index < -0.39 is 0 Å². The molecule has 0 aromatic carbocycles. The van der Waals surface area contributed by atoms with Gasteiger partial charge in [-0.3, -0.25) is 9.59 Å². The highest BCUT2D eigenvalue weighted by Gasteiger charge is 2.49. The first-order chi connectivity index (χ1) is 13.6. The second-order valence-corrected chi connectivity index (χ2v) is 7.98. The number of aromatic nitrogens is 2. The van der Waals surface area contributed by atoms with Crippen LogP contribution in [0.3, 0.4) is 0 Å². The summed E-state index contributed by atoms with van der Waals surface area (Å²) >= 11 is 0. The van der Waals surface area contributed by atoms with E-state index in [2.05, 4.69) is 12.0 Å². The quantitative estimate of drug-likeness (QED) is 0.795. The Bertz CT molecular complexity index is 941.